The smallest absolute Gasteiger partial charge is 0.199 e. The van der Waals surface area contributed by atoms with Crippen LogP contribution in [0.3, 0.4) is 0 Å². The minimum Gasteiger partial charge on any atom is -0.494 e. The molecule has 1 aromatic heterocycles. The first-order valence-electron chi connectivity index (χ1n) is 10.5. The predicted molar refractivity (Wildman–Crippen MR) is 130 cm³/mol. The van der Waals surface area contributed by atoms with Crippen molar-refractivity contribution >= 4 is 33.9 Å². The van der Waals surface area contributed by atoms with E-state index in [9.17, 15) is 5.11 Å². The Morgan fingerprint density at radius 3 is 2.48 bits per heavy atom. The quantitative estimate of drug-likeness (QED) is 0.326. The van der Waals surface area contributed by atoms with Crippen LogP contribution in [0.5, 0.6) is 5.88 Å². The molecule has 0 bridgehead atoms. The Hall–Kier alpha value is -3.08. The van der Waals surface area contributed by atoms with E-state index < -0.39 is 0 Å². The molecule has 2 N–H and O–H groups in total. The van der Waals surface area contributed by atoms with Gasteiger partial charge >= 0.3 is 0 Å². The molecule has 158 valence electrons. The maximum Gasteiger partial charge on any atom is 0.199 e. The second-order valence-electron chi connectivity index (χ2n) is 7.77. The summed E-state index contributed by atoms with van der Waals surface area (Å²) in [5.41, 5.74) is 5.18. The van der Waals surface area contributed by atoms with Gasteiger partial charge in [-0.05, 0) is 49.8 Å². The molecule has 0 aliphatic heterocycles. The monoisotopic (exact) mass is 431 g/mol. The number of H-pyrrole nitrogens is 1. The molecule has 0 radical (unpaired) electrons. The molecule has 0 saturated heterocycles. The Bertz CT molecular complexity index is 1200. The van der Waals surface area contributed by atoms with Gasteiger partial charge in [-0.25, -0.2) is 4.99 Å². The second kappa shape index (κ2) is 9.38. The molecule has 0 aliphatic rings. The Morgan fingerprint density at radius 1 is 1.03 bits per heavy atom. The summed E-state index contributed by atoms with van der Waals surface area (Å²) < 4.78 is 0. The zero-order valence-corrected chi connectivity index (χ0v) is 18.5. The topological polar surface area (TPSA) is 51.6 Å². The molecule has 4 aromatic rings. The molecule has 5 heteroatoms. The van der Waals surface area contributed by atoms with Gasteiger partial charge in [0.1, 0.15) is 0 Å². The molecule has 0 unspecified atom stereocenters. The van der Waals surface area contributed by atoms with Gasteiger partial charge in [0, 0.05) is 22.5 Å². The van der Waals surface area contributed by atoms with Crippen LogP contribution in [0.15, 0.2) is 77.8 Å². The fourth-order valence-corrected chi connectivity index (χ4v) is 4.01. The van der Waals surface area contributed by atoms with E-state index in [1.807, 2.05) is 60.7 Å². The van der Waals surface area contributed by atoms with Crippen LogP contribution in [-0.4, -0.2) is 34.3 Å². The molecular weight excluding hydrogens is 406 g/mol. The molecule has 31 heavy (non-hydrogen) atoms. The van der Waals surface area contributed by atoms with Crippen LogP contribution in [0.25, 0.3) is 10.9 Å². The van der Waals surface area contributed by atoms with E-state index in [1.54, 1.807) is 0 Å². The highest BCUT2D eigenvalue weighted by Gasteiger charge is 2.18. The van der Waals surface area contributed by atoms with Crippen molar-refractivity contribution in [1.29, 1.82) is 0 Å². The van der Waals surface area contributed by atoms with Gasteiger partial charge in [-0.3, -0.25) is 0 Å². The lowest BCUT2D eigenvalue weighted by Crippen LogP contribution is -2.18. The van der Waals surface area contributed by atoms with Crippen LogP contribution in [0, 0.1) is 0 Å². The standard InChI is InChI=1S/C26H26ClN3O/c1-3-15-30(2)17-18-9-12-21(13-10-18)28-25(19-7-5-4-6-8-19)24-22-14-11-20(27)16-23(22)29-26(24)31/h4-14,16,29,31H,3,15,17H2,1-2H3. The van der Waals surface area contributed by atoms with E-state index in [2.05, 4.69) is 36.0 Å². The number of aromatic nitrogens is 1. The average molecular weight is 432 g/mol. The van der Waals surface area contributed by atoms with Crippen molar-refractivity contribution in [2.75, 3.05) is 13.6 Å². The highest BCUT2D eigenvalue weighted by molar-refractivity contribution is 6.31. The summed E-state index contributed by atoms with van der Waals surface area (Å²) >= 11 is 6.14. The van der Waals surface area contributed by atoms with Crippen molar-refractivity contribution in [3.05, 3.63) is 94.5 Å². The SMILES string of the molecule is CCCN(C)Cc1ccc(N=C(c2ccccc2)c2c(O)[nH]c3cc(Cl)ccc23)cc1. The zero-order valence-electron chi connectivity index (χ0n) is 17.8. The second-order valence-corrected chi connectivity index (χ2v) is 8.21. The molecular formula is C26H26ClN3O. The summed E-state index contributed by atoms with van der Waals surface area (Å²) in [7, 11) is 2.13. The number of nitrogens with one attached hydrogen (secondary N) is 1. The number of fused-ring (bicyclic) bond motifs is 1. The molecule has 0 spiro atoms. The third kappa shape index (κ3) is 4.82. The van der Waals surface area contributed by atoms with Crippen molar-refractivity contribution in [3.8, 4) is 5.88 Å². The lowest BCUT2D eigenvalue weighted by atomic mass is 10.0. The number of aromatic amines is 1. The summed E-state index contributed by atoms with van der Waals surface area (Å²) in [6.45, 7) is 4.17. The first-order valence-corrected chi connectivity index (χ1v) is 10.8. The van der Waals surface area contributed by atoms with Crippen molar-refractivity contribution < 1.29 is 5.11 Å². The molecule has 0 saturated carbocycles. The largest absolute Gasteiger partial charge is 0.494 e. The van der Waals surface area contributed by atoms with Gasteiger partial charge < -0.3 is 15.0 Å². The molecule has 1 heterocycles. The van der Waals surface area contributed by atoms with Crippen LogP contribution >= 0.6 is 11.6 Å². The van der Waals surface area contributed by atoms with Gasteiger partial charge in [0.2, 0.25) is 0 Å². The Balaban J connectivity index is 1.77. The first-order chi connectivity index (χ1) is 15.0. The van der Waals surface area contributed by atoms with Crippen LogP contribution in [0.2, 0.25) is 5.02 Å². The van der Waals surface area contributed by atoms with E-state index in [0.717, 1.165) is 41.7 Å². The number of hydrogen-bond donors (Lipinski definition) is 2. The third-order valence-corrected chi connectivity index (χ3v) is 5.50. The number of benzene rings is 3. The summed E-state index contributed by atoms with van der Waals surface area (Å²) in [4.78, 5) is 10.3. The van der Waals surface area contributed by atoms with Gasteiger partial charge in [0.05, 0.1) is 22.5 Å². The highest BCUT2D eigenvalue weighted by atomic mass is 35.5. The average Bonchev–Trinajstić information content (AvgIpc) is 3.08. The number of nitrogens with zero attached hydrogens (tertiary/aromatic N) is 2. The zero-order chi connectivity index (χ0) is 21.8. The lowest BCUT2D eigenvalue weighted by molar-refractivity contribution is 0.327. The third-order valence-electron chi connectivity index (χ3n) is 5.26. The first kappa shape index (κ1) is 21.2. The number of hydrogen-bond acceptors (Lipinski definition) is 3. The number of halogens is 1. The van der Waals surface area contributed by atoms with Crippen LogP contribution < -0.4 is 0 Å². The normalized spacial score (nSPS) is 12.1. The van der Waals surface area contributed by atoms with Crippen molar-refractivity contribution in [2.45, 2.75) is 19.9 Å². The minimum absolute atomic E-state index is 0.0812. The number of aliphatic imine (C=N–C) groups is 1. The maximum absolute atomic E-state index is 10.7. The summed E-state index contributed by atoms with van der Waals surface area (Å²) in [5.74, 6) is 0.0812. The number of aromatic hydroxyl groups is 1. The molecule has 4 nitrogen and oxygen atoms in total. The fraction of sp³-hybridized carbons (Fsp3) is 0.192. The van der Waals surface area contributed by atoms with E-state index >= 15 is 0 Å². The van der Waals surface area contributed by atoms with Gasteiger partial charge in [-0.15, -0.1) is 0 Å². The fourth-order valence-electron chi connectivity index (χ4n) is 3.83. The van der Waals surface area contributed by atoms with Crippen LogP contribution in [0.4, 0.5) is 5.69 Å². The van der Waals surface area contributed by atoms with Gasteiger partial charge in [-0.2, -0.15) is 0 Å². The summed E-state index contributed by atoms with van der Waals surface area (Å²) in [5, 5.41) is 12.2. The van der Waals surface area contributed by atoms with Crippen molar-refractivity contribution in [1.82, 2.24) is 9.88 Å². The van der Waals surface area contributed by atoms with Crippen LogP contribution in [0.1, 0.15) is 30.0 Å². The Kier molecular flexibility index (Phi) is 6.40. The Morgan fingerprint density at radius 2 is 1.77 bits per heavy atom. The summed E-state index contributed by atoms with van der Waals surface area (Å²) in [6.07, 6.45) is 1.14. The van der Waals surface area contributed by atoms with E-state index in [-0.39, 0.29) is 5.88 Å². The molecule has 0 aliphatic carbocycles. The molecule has 0 amide bonds. The maximum atomic E-state index is 10.7. The predicted octanol–water partition coefficient (Wildman–Crippen LogP) is 6.54. The molecule has 0 fully saturated rings. The lowest BCUT2D eigenvalue weighted by Gasteiger charge is -2.15. The van der Waals surface area contributed by atoms with Gasteiger partial charge in [0.15, 0.2) is 5.88 Å². The van der Waals surface area contributed by atoms with Crippen molar-refractivity contribution in [3.63, 3.8) is 0 Å². The van der Waals surface area contributed by atoms with Crippen molar-refractivity contribution in [2.24, 2.45) is 4.99 Å². The molecule has 0 atom stereocenters. The van der Waals surface area contributed by atoms with Gasteiger partial charge in [0.25, 0.3) is 0 Å². The molecule has 4 rings (SSSR count). The molecule has 3 aromatic carbocycles. The Labute approximate surface area is 187 Å². The minimum atomic E-state index is 0.0812. The summed E-state index contributed by atoms with van der Waals surface area (Å²) in [6, 6.07) is 23.7. The van der Waals surface area contributed by atoms with E-state index in [0.29, 0.717) is 16.3 Å². The van der Waals surface area contributed by atoms with E-state index in [1.165, 1.54) is 5.56 Å². The van der Waals surface area contributed by atoms with E-state index in [4.69, 9.17) is 16.6 Å². The number of rotatable bonds is 7. The van der Waals surface area contributed by atoms with Crippen LogP contribution in [-0.2, 0) is 6.54 Å². The highest BCUT2D eigenvalue weighted by Crippen LogP contribution is 2.32. The van der Waals surface area contributed by atoms with Gasteiger partial charge in [-0.1, -0.05) is 67.1 Å².